The first-order chi connectivity index (χ1) is 6.75. The molecule has 0 saturated heterocycles. The van der Waals surface area contributed by atoms with Crippen molar-refractivity contribution in [3.8, 4) is 5.75 Å². The summed E-state index contributed by atoms with van der Waals surface area (Å²) < 4.78 is 5.45. The molecule has 1 aromatic carbocycles. The van der Waals surface area contributed by atoms with Crippen molar-refractivity contribution in [1.82, 2.24) is 0 Å². The van der Waals surface area contributed by atoms with E-state index in [-0.39, 0.29) is 5.12 Å². The first-order valence-electron chi connectivity index (χ1n) is 4.19. The number of benzene rings is 1. The van der Waals surface area contributed by atoms with E-state index in [2.05, 4.69) is 12.6 Å². The Bertz CT molecular complexity index is 313. The zero-order valence-corrected chi connectivity index (χ0v) is 9.61. The van der Waals surface area contributed by atoms with Gasteiger partial charge in [-0.25, -0.2) is 0 Å². The fourth-order valence-electron chi connectivity index (χ4n) is 1.00. The van der Waals surface area contributed by atoms with Gasteiger partial charge < -0.3 is 4.74 Å². The molecular weight excluding hydrogens is 216 g/mol. The van der Waals surface area contributed by atoms with Crippen LogP contribution in [0.2, 0.25) is 0 Å². The van der Waals surface area contributed by atoms with Crippen LogP contribution in [0.3, 0.4) is 0 Å². The summed E-state index contributed by atoms with van der Waals surface area (Å²) in [4.78, 5) is 11.1. The van der Waals surface area contributed by atoms with Crippen molar-refractivity contribution in [2.75, 3.05) is 18.6 Å². The highest BCUT2D eigenvalue weighted by molar-refractivity contribution is 7.98. The number of ether oxygens (including phenoxy) is 1. The van der Waals surface area contributed by atoms with Gasteiger partial charge in [0.1, 0.15) is 5.75 Å². The lowest BCUT2D eigenvalue weighted by Gasteiger charge is -2.07. The molecule has 0 aliphatic rings. The monoisotopic (exact) mass is 228 g/mol. The molecule has 0 saturated carbocycles. The van der Waals surface area contributed by atoms with Crippen molar-refractivity contribution >= 4 is 29.5 Å². The highest BCUT2D eigenvalue weighted by Crippen LogP contribution is 2.19. The van der Waals surface area contributed by atoms with Crippen LogP contribution in [0, 0.1) is 0 Å². The van der Waals surface area contributed by atoms with E-state index < -0.39 is 0 Å². The van der Waals surface area contributed by atoms with Gasteiger partial charge in [-0.3, -0.25) is 4.79 Å². The highest BCUT2D eigenvalue weighted by Gasteiger charge is 2.07. The Labute approximate surface area is 93.4 Å². The second-order valence-electron chi connectivity index (χ2n) is 2.64. The molecule has 4 heteroatoms. The lowest BCUT2D eigenvalue weighted by Crippen LogP contribution is -2.03. The van der Waals surface area contributed by atoms with Gasteiger partial charge in [-0.2, -0.15) is 11.8 Å². The molecule has 0 heterocycles. The molecule has 2 nitrogen and oxygen atoms in total. The number of hydrogen-bond acceptors (Lipinski definition) is 3. The number of thioether (sulfide) groups is 1. The zero-order chi connectivity index (χ0) is 10.4. The number of carbonyl (C=O) groups excluding carboxylic acids is 1. The van der Waals surface area contributed by atoms with Crippen LogP contribution in [0.5, 0.6) is 5.75 Å². The third-order valence-corrected chi connectivity index (χ3v) is 2.48. The Hall–Kier alpha value is -0.610. The van der Waals surface area contributed by atoms with Gasteiger partial charge in [0.15, 0.2) is 0 Å². The molecule has 0 N–H and O–H groups in total. The molecule has 1 rings (SSSR count). The lowest BCUT2D eigenvalue weighted by atomic mass is 10.2. The van der Waals surface area contributed by atoms with Crippen LogP contribution < -0.4 is 4.74 Å². The fourth-order valence-corrected chi connectivity index (χ4v) is 1.44. The largest absolute Gasteiger partial charge is 0.492 e. The minimum atomic E-state index is -0.259. The van der Waals surface area contributed by atoms with E-state index in [4.69, 9.17) is 4.74 Å². The van der Waals surface area contributed by atoms with Crippen LogP contribution in [0.4, 0.5) is 0 Å². The maximum Gasteiger partial charge on any atom is 0.220 e. The van der Waals surface area contributed by atoms with Crippen molar-refractivity contribution in [2.45, 2.75) is 0 Å². The predicted octanol–water partition coefficient (Wildman–Crippen LogP) is 2.50. The summed E-state index contributed by atoms with van der Waals surface area (Å²) in [6.07, 6.45) is 2.01. The molecule has 0 atom stereocenters. The molecule has 0 radical (unpaired) electrons. The molecule has 0 amide bonds. The summed E-state index contributed by atoms with van der Waals surface area (Å²) in [5.41, 5.74) is 0.525. The van der Waals surface area contributed by atoms with Crippen LogP contribution in [0.25, 0.3) is 0 Å². The Kier molecular flexibility index (Phi) is 4.90. The smallest absolute Gasteiger partial charge is 0.220 e. The minimum Gasteiger partial charge on any atom is -0.492 e. The molecule has 0 fully saturated rings. The Morgan fingerprint density at radius 3 is 2.86 bits per heavy atom. The Morgan fingerprint density at radius 1 is 1.50 bits per heavy atom. The molecule has 0 spiro atoms. The van der Waals surface area contributed by atoms with E-state index in [1.165, 1.54) is 0 Å². The van der Waals surface area contributed by atoms with Crippen LogP contribution in [-0.2, 0) is 0 Å². The molecule has 14 heavy (non-hydrogen) atoms. The van der Waals surface area contributed by atoms with Crippen molar-refractivity contribution < 1.29 is 9.53 Å². The molecule has 0 aromatic heterocycles. The average molecular weight is 228 g/mol. The molecule has 1 aromatic rings. The van der Waals surface area contributed by atoms with E-state index in [0.717, 1.165) is 5.75 Å². The first-order valence-corrected chi connectivity index (χ1v) is 6.04. The SMILES string of the molecule is CSCCOc1ccccc1C(=O)S. The van der Waals surface area contributed by atoms with Crippen molar-refractivity contribution in [3.05, 3.63) is 29.8 Å². The molecule has 0 aliphatic heterocycles. The van der Waals surface area contributed by atoms with Crippen LogP contribution in [0.1, 0.15) is 10.4 Å². The van der Waals surface area contributed by atoms with E-state index in [1.807, 2.05) is 12.3 Å². The Balaban J connectivity index is 2.69. The third kappa shape index (κ3) is 3.27. The molecule has 76 valence electrons. The minimum absolute atomic E-state index is 0.259. The van der Waals surface area contributed by atoms with Gasteiger partial charge in [-0.15, -0.1) is 12.6 Å². The topological polar surface area (TPSA) is 26.3 Å². The molecule has 0 bridgehead atoms. The summed E-state index contributed by atoms with van der Waals surface area (Å²) in [6, 6.07) is 7.13. The number of rotatable bonds is 5. The summed E-state index contributed by atoms with van der Waals surface area (Å²) in [5, 5.41) is -0.259. The number of hydrogen-bond donors (Lipinski definition) is 1. The number of carbonyl (C=O) groups is 1. The van der Waals surface area contributed by atoms with Crippen molar-refractivity contribution in [1.29, 1.82) is 0 Å². The summed E-state index contributed by atoms with van der Waals surface area (Å²) in [7, 11) is 0. The quantitative estimate of drug-likeness (QED) is 0.619. The standard InChI is InChI=1S/C10H12O2S2/c1-14-7-6-12-9-5-3-2-4-8(9)10(11)13/h2-5H,6-7H2,1H3,(H,11,13). The van der Waals surface area contributed by atoms with Gasteiger partial charge in [0.05, 0.1) is 12.2 Å². The third-order valence-electron chi connectivity index (χ3n) is 1.66. The second kappa shape index (κ2) is 5.98. The summed E-state index contributed by atoms with van der Waals surface area (Å²) in [5.74, 6) is 1.52. The van der Waals surface area contributed by atoms with Crippen molar-refractivity contribution in [3.63, 3.8) is 0 Å². The number of thiol groups is 1. The van der Waals surface area contributed by atoms with Gasteiger partial charge in [0, 0.05) is 5.75 Å². The van der Waals surface area contributed by atoms with Gasteiger partial charge in [0.25, 0.3) is 0 Å². The lowest BCUT2D eigenvalue weighted by molar-refractivity contribution is 0.108. The normalized spacial score (nSPS) is 9.86. The molecular formula is C10H12O2S2. The Morgan fingerprint density at radius 2 is 2.21 bits per heavy atom. The maximum absolute atomic E-state index is 11.1. The number of para-hydroxylation sites is 1. The van der Waals surface area contributed by atoms with Crippen LogP contribution in [0.15, 0.2) is 24.3 Å². The van der Waals surface area contributed by atoms with E-state index in [1.54, 1.807) is 30.0 Å². The second-order valence-corrected chi connectivity index (χ2v) is 4.03. The highest BCUT2D eigenvalue weighted by atomic mass is 32.2. The van der Waals surface area contributed by atoms with Gasteiger partial charge in [-0.1, -0.05) is 12.1 Å². The summed E-state index contributed by atoms with van der Waals surface area (Å²) >= 11 is 5.48. The first kappa shape index (κ1) is 11.5. The predicted molar refractivity (Wildman–Crippen MR) is 63.6 cm³/mol. The maximum atomic E-state index is 11.1. The van der Waals surface area contributed by atoms with E-state index in [0.29, 0.717) is 17.9 Å². The van der Waals surface area contributed by atoms with Crippen LogP contribution >= 0.6 is 24.4 Å². The zero-order valence-electron chi connectivity index (χ0n) is 7.90. The molecule has 0 aliphatic carbocycles. The van der Waals surface area contributed by atoms with Gasteiger partial charge in [0.2, 0.25) is 5.12 Å². The van der Waals surface area contributed by atoms with E-state index >= 15 is 0 Å². The van der Waals surface area contributed by atoms with Gasteiger partial charge >= 0.3 is 0 Å². The van der Waals surface area contributed by atoms with Gasteiger partial charge in [-0.05, 0) is 18.4 Å². The van der Waals surface area contributed by atoms with Crippen LogP contribution in [-0.4, -0.2) is 23.7 Å². The fraction of sp³-hybridized carbons (Fsp3) is 0.300. The molecule has 0 unspecified atom stereocenters. The van der Waals surface area contributed by atoms with Crippen molar-refractivity contribution in [2.24, 2.45) is 0 Å². The summed E-state index contributed by atoms with van der Waals surface area (Å²) in [6.45, 7) is 0.610. The van der Waals surface area contributed by atoms with E-state index in [9.17, 15) is 4.79 Å². The average Bonchev–Trinajstić information content (AvgIpc) is 2.19.